The summed E-state index contributed by atoms with van der Waals surface area (Å²) in [4.78, 5) is 14.4. The molecule has 110 valence electrons. The molecule has 0 radical (unpaired) electrons. The van der Waals surface area contributed by atoms with Crippen molar-refractivity contribution in [1.82, 2.24) is 10.2 Å². The van der Waals surface area contributed by atoms with Crippen molar-refractivity contribution in [1.29, 1.82) is 5.26 Å². The first-order valence-corrected chi connectivity index (χ1v) is 7.42. The number of likely N-dealkylation sites (tertiary alicyclic amines) is 1. The Morgan fingerprint density at radius 3 is 3.00 bits per heavy atom. The van der Waals surface area contributed by atoms with Crippen molar-refractivity contribution in [3.8, 4) is 11.8 Å². The number of amides is 1. The number of carbonyl (C=O) groups is 1. The van der Waals surface area contributed by atoms with Crippen molar-refractivity contribution in [2.24, 2.45) is 0 Å². The van der Waals surface area contributed by atoms with Crippen LogP contribution >= 0.6 is 0 Å². The van der Waals surface area contributed by atoms with E-state index < -0.39 is 0 Å². The molecule has 1 aromatic rings. The molecule has 0 bridgehead atoms. The number of piperidine rings is 1. The van der Waals surface area contributed by atoms with E-state index in [9.17, 15) is 4.79 Å². The van der Waals surface area contributed by atoms with E-state index in [1.807, 2.05) is 18.2 Å². The zero-order valence-electron chi connectivity index (χ0n) is 12.0. The summed E-state index contributed by atoms with van der Waals surface area (Å²) in [5, 5.41) is 11.8. The topological polar surface area (TPSA) is 65.4 Å². The summed E-state index contributed by atoms with van der Waals surface area (Å²) in [5.74, 6) is 0.889. The number of fused-ring (bicyclic) bond motifs is 1. The van der Waals surface area contributed by atoms with Crippen LogP contribution in [0.25, 0.3) is 0 Å². The fourth-order valence-electron chi connectivity index (χ4n) is 2.93. The Balaban J connectivity index is 1.56. The van der Waals surface area contributed by atoms with Crippen LogP contribution in [0.5, 0.6) is 5.75 Å². The molecule has 2 aliphatic rings. The quantitative estimate of drug-likeness (QED) is 0.851. The summed E-state index contributed by atoms with van der Waals surface area (Å²) in [6.45, 7) is 2.93. The lowest BCUT2D eigenvalue weighted by Gasteiger charge is -2.30. The van der Waals surface area contributed by atoms with Crippen LogP contribution in [-0.2, 0) is 6.42 Å². The van der Waals surface area contributed by atoms with E-state index in [2.05, 4.69) is 16.3 Å². The highest BCUT2D eigenvalue weighted by Crippen LogP contribution is 2.26. The largest absolute Gasteiger partial charge is 0.493 e. The summed E-state index contributed by atoms with van der Waals surface area (Å²) < 4.78 is 5.45. The molecule has 1 fully saturated rings. The number of carbonyl (C=O) groups excluding carboxylic acids is 1. The Labute approximate surface area is 124 Å². The van der Waals surface area contributed by atoms with Crippen molar-refractivity contribution in [2.45, 2.75) is 25.3 Å². The van der Waals surface area contributed by atoms with Gasteiger partial charge in [-0.1, -0.05) is 0 Å². The van der Waals surface area contributed by atoms with Gasteiger partial charge in [0.15, 0.2) is 0 Å². The summed E-state index contributed by atoms with van der Waals surface area (Å²) in [5.41, 5.74) is 1.82. The van der Waals surface area contributed by atoms with E-state index in [1.54, 1.807) is 0 Å². The Morgan fingerprint density at radius 2 is 2.24 bits per heavy atom. The zero-order valence-corrected chi connectivity index (χ0v) is 12.0. The van der Waals surface area contributed by atoms with Gasteiger partial charge in [-0.25, -0.2) is 0 Å². The lowest BCUT2D eigenvalue weighted by atomic mass is 10.0. The van der Waals surface area contributed by atoms with Gasteiger partial charge in [0, 0.05) is 31.1 Å². The summed E-state index contributed by atoms with van der Waals surface area (Å²) >= 11 is 0. The Kier molecular flexibility index (Phi) is 4.07. The molecule has 1 amide bonds. The van der Waals surface area contributed by atoms with Crippen LogP contribution in [0.4, 0.5) is 0 Å². The van der Waals surface area contributed by atoms with Crippen molar-refractivity contribution >= 4 is 5.91 Å². The van der Waals surface area contributed by atoms with Crippen molar-refractivity contribution in [3.63, 3.8) is 0 Å². The summed E-state index contributed by atoms with van der Waals surface area (Å²) in [6, 6.07) is 8.01. The average Bonchev–Trinajstić information content (AvgIpc) is 2.97. The first-order chi connectivity index (χ1) is 10.3. The van der Waals surface area contributed by atoms with E-state index in [0.29, 0.717) is 18.7 Å². The Hall–Kier alpha value is -2.06. The third-order valence-electron chi connectivity index (χ3n) is 4.17. The molecule has 3 rings (SSSR count). The van der Waals surface area contributed by atoms with E-state index in [0.717, 1.165) is 43.7 Å². The van der Waals surface area contributed by atoms with Gasteiger partial charge in [-0.3, -0.25) is 9.69 Å². The number of benzene rings is 1. The number of nitrogens with zero attached hydrogens (tertiary/aromatic N) is 2. The molecule has 1 saturated heterocycles. The third kappa shape index (κ3) is 3.17. The second kappa shape index (κ2) is 6.15. The summed E-state index contributed by atoms with van der Waals surface area (Å²) in [7, 11) is 0. The highest BCUT2D eigenvalue weighted by Gasteiger charge is 2.21. The molecule has 1 aromatic carbocycles. The molecule has 21 heavy (non-hydrogen) atoms. The SMILES string of the molecule is N#CCN1CCC(NC(=O)c2ccc3c(c2)CCO3)CC1. The number of hydrogen-bond donors (Lipinski definition) is 1. The minimum atomic E-state index is -0.0107. The smallest absolute Gasteiger partial charge is 0.251 e. The number of hydrogen-bond acceptors (Lipinski definition) is 4. The second-order valence-electron chi connectivity index (χ2n) is 5.60. The van der Waals surface area contributed by atoms with Gasteiger partial charge in [-0.15, -0.1) is 0 Å². The van der Waals surface area contributed by atoms with E-state index in [-0.39, 0.29) is 11.9 Å². The van der Waals surface area contributed by atoms with Gasteiger partial charge in [0.1, 0.15) is 5.75 Å². The van der Waals surface area contributed by atoms with Gasteiger partial charge in [0.05, 0.1) is 19.2 Å². The number of nitrogens with one attached hydrogen (secondary N) is 1. The molecule has 2 heterocycles. The first-order valence-electron chi connectivity index (χ1n) is 7.42. The van der Waals surface area contributed by atoms with Gasteiger partial charge in [-0.05, 0) is 36.6 Å². The number of ether oxygens (including phenoxy) is 1. The minimum absolute atomic E-state index is 0.0107. The standard InChI is InChI=1S/C16H19N3O2/c17-6-9-19-7-3-14(4-8-19)18-16(20)13-1-2-15-12(11-13)5-10-21-15/h1-2,11,14H,3-5,7-10H2,(H,18,20). The van der Waals surface area contributed by atoms with E-state index >= 15 is 0 Å². The Bertz CT molecular complexity index is 571. The number of nitriles is 1. The minimum Gasteiger partial charge on any atom is -0.493 e. The molecule has 0 saturated carbocycles. The fraction of sp³-hybridized carbons (Fsp3) is 0.500. The zero-order chi connectivity index (χ0) is 14.7. The Morgan fingerprint density at radius 1 is 1.43 bits per heavy atom. The molecule has 0 atom stereocenters. The van der Waals surface area contributed by atoms with Crippen LogP contribution in [0, 0.1) is 11.3 Å². The highest BCUT2D eigenvalue weighted by atomic mass is 16.5. The van der Waals surface area contributed by atoms with Gasteiger partial charge in [-0.2, -0.15) is 5.26 Å². The molecule has 5 nitrogen and oxygen atoms in total. The number of rotatable bonds is 3. The maximum Gasteiger partial charge on any atom is 0.251 e. The van der Waals surface area contributed by atoms with Crippen molar-refractivity contribution < 1.29 is 9.53 Å². The highest BCUT2D eigenvalue weighted by molar-refractivity contribution is 5.94. The summed E-state index contributed by atoms with van der Waals surface area (Å²) in [6.07, 6.45) is 2.69. The molecule has 0 spiro atoms. The predicted octanol–water partition coefficient (Wildman–Crippen LogP) is 1.34. The molecule has 0 unspecified atom stereocenters. The average molecular weight is 285 g/mol. The van der Waals surface area contributed by atoms with Crippen molar-refractivity contribution in [3.05, 3.63) is 29.3 Å². The van der Waals surface area contributed by atoms with Crippen LogP contribution in [0.1, 0.15) is 28.8 Å². The molecular weight excluding hydrogens is 266 g/mol. The molecule has 5 heteroatoms. The van der Waals surface area contributed by atoms with Gasteiger partial charge in [0.25, 0.3) is 5.91 Å². The van der Waals surface area contributed by atoms with Crippen molar-refractivity contribution in [2.75, 3.05) is 26.2 Å². The molecular formula is C16H19N3O2. The second-order valence-corrected chi connectivity index (χ2v) is 5.60. The first kappa shape index (κ1) is 13.9. The van der Waals surface area contributed by atoms with Crippen LogP contribution in [0.15, 0.2) is 18.2 Å². The maximum absolute atomic E-state index is 12.3. The molecule has 1 N–H and O–H groups in total. The molecule has 2 aliphatic heterocycles. The van der Waals surface area contributed by atoms with E-state index in [4.69, 9.17) is 10.00 Å². The van der Waals surface area contributed by atoms with Gasteiger partial charge < -0.3 is 10.1 Å². The monoisotopic (exact) mass is 285 g/mol. The lowest BCUT2D eigenvalue weighted by molar-refractivity contribution is 0.0914. The van der Waals surface area contributed by atoms with Gasteiger partial charge >= 0.3 is 0 Å². The van der Waals surface area contributed by atoms with E-state index in [1.165, 1.54) is 0 Å². The molecule has 0 aromatic heterocycles. The van der Waals surface area contributed by atoms with Crippen LogP contribution in [0.3, 0.4) is 0 Å². The predicted molar refractivity (Wildman–Crippen MR) is 78.2 cm³/mol. The van der Waals surface area contributed by atoms with Crippen LogP contribution in [0.2, 0.25) is 0 Å². The lowest BCUT2D eigenvalue weighted by Crippen LogP contribution is -2.44. The molecule has 0 aliphatic carbocycles. The normalized spacial score (nSPS) is 18.6. The maximum atomic E-state index is 12.3. The van der Waals surface area contributed by atoms with Crippen LogP contribution in [-0.4, -0.2) is 43.1 Å². The fourth-order valence-corrected chi connectivity index (χ4v) is 2.93. The van der Waals surface area contributed by atoms with Crippen LogP contribution < -0.4 is 10.1 Å². The van der Waals surface area contributed by atoms with Gasteiger partial charge in [0.2, 0.25) is 0 Å². The third-order valence-corrected chi connectivity index (χ3v) is 4.17.